The summed E-state index contributed by atoms with van der Waals surface area (Å²) in [6.45, 7) is 4.00. The van der Waals surface area contributed by atoms with E-state index in [-0.39, 0.29) is 0 Å². The third kappa shape index (κ3) is 1.21. The maximum atomic E-state index is 2.21. The summed E-state index contributed by atoms with van der Waals surface area (Å²) in [5.41, 5.74) is 3.10. The number of hydrogen-bond donors (Lipinski definition) is 0. The van der Waals surface area contributed by atoms with Gasteiger partial charge in [-0.1, -0.05) is 38.1 Å². The van der Waals surface area contributed by atoms with Gasteiger partial charge in [0, 0.05) is 0 Å². The zero-order valence-corrected chi connectivity index (χ0v) is 6.72. The molecular weight excluding hydrogens is 120 g/mol. The molecule has 1 aliphatic rings. The van der Waals surface area contributed by atoms with Crippen molar-refractivity contribution in [3.05, 3.63) is 35.4 Å². The molecule has 0 spiro atoms. The smallest absolute Gasteiger partial charge is 0.0235 e. The molecule has 0 radical (unpaired) electrons. The van der Waals surface area contributed by atoms with E-state index >= 15 is 0 Å². The summed E-state index contributed by atoms with van der Waals surface area (Å²) in [6.07, 6.45) is 2.60. The normalized spacial score (nSPS) is 12.2. The van der Waals surface area contributed by atoms with Crippen LogP contribution in [0.5, 0.6) is 0 Å². The van der Waals surface area contributed by atoms with E-state index in [1.807, 2.05) is 13.8 Å². The average molecular weight is 134 g/mol. The highest BCUT2D eigenvalue weighted by atomic mass is 14.1. The summed E-state index contributed by atoms with van der Waals surface area (Å²) in [5, 5.41) is 0. The van der Waals surface area contributed by atoms with E-state index in [2.05, 4.69) is 24.3 Å². The van der Waals surface area contributed by atoms with Gasteiger partial charge in [-0.15, -0.1) is 0 Å². The molecule has 0 unspecified atom stereocenters. The first-order valence-corrected chi connectivity index (χ1v) is 4.03. The molecule has 0 nitrogen and oxygen atoms in total. The fourth-order valence-electron chi connectivity index (χ4n) is 1.14. The minimum Gasteiger partial charge on any atom is -0.0683 e. The van der Waals surface area contributed by atoms with Crippen molar-refractivity contribution >= 4 is 0 Å². The van der Waals surface area contributed by atoms with Gasteiger partial charge in [0.05, 0.1) is 0 Å². The van der Waals surface area contributed by atoms with Crippen LogP contribution in [0.4, 0.5) is 0 Å². The molecule has 0 saturated carbocycles. The average Bonchev–Trinajstić information content (AvgIpc) is 1.96. The van der Waals surface area contributed by atoms with Crippen LogP contribution < -0.4 is 0 Å². The molecule has 0 atom stereocenters. The molecule has 0 N–H and O–H groups in total. The summed E-state index contributed by atoms with van der Waals surface area (Å²) < 4.78 is 0. The van der Waals surface area contributed by atoms with Gasteiger partial charge in [-0.25, -0.2) is 0 Å². The molecular formula is C10H14. The van der Waals surface area contributed by atoms with Crippen molar-refractivity contribution in [2.45, 2.75) is 26.7 Å². The highest BCUT2D eigenvalue weighted by Crippen LogP contribution is 2.20. The molecule has 0 heteroatoms. The van der Waals surface area contributed by atoms with Crippen LogP contribution in [0.1, 0.15) is 25.0 Å². The number of rotatable bonds is 0. The highest BCUT2D eigenvalue weighted by Gasteiger charge is 2.09. The second-order valence-electron chi connectivity index (χ2n) is 2.27. The fraction of sp³-hybridized carbons (Fsp3) is 0.400. The molecule has 10 heavy (non-hydrogen) atoms. The van der Waals surface area contributed by atoms with Gasteiger partial charge in [0.2, 0.25) is 0 Å². The SMILES string of the molecule is CC.c1ccc2c(c1)CC2. The van der Waals surface area contributed by atoms with Crippen molar-refractivity contribution in [2.24, 2.45) is 0 Å². The van der Waals surface area contributed by atoms with Crippen molar-refractivity contribution in [1.82, 2.24) is 0 Å². The molecule has 1 aromatic rings. The van der Waals surface area contributed by atoms with E-state index in [9.17, 15) is 0 Å². The van der Waals surface area contributed by atoms with Gasteiger partial charge in [0.1, 0.15) is 0 Å². The maximum absolute atomic E-state index is 2.21. The predicted molar refractivity (Wildman–Crippen MR) is 45.2 cm³/mol. The third-order valence-electron chi connectivity index (χ3n) is 1.78. The maximum Gasteiger partial charge on any atom is -0.0235 e. The Hall–Kier alpha value is -0.780. The Morgan fingerprint density at radius 1 is 0.900 bits per heavy atom. The summed E-state index contributed by atoms with van der Waals surface area (Å²) in [5.74, 6) is 0. The van der Waals surface area contributed by atoms with Crippen LogP contribution in [0.3, 0.4) is 0 Å². The van der Waals surface area contributed by atoms with Gasteiger partial charge in [-0.2, -0.15) is 0 Å². The number of benzene rings is 1. The van der Waals surface area contributed by atoms with Gasteiger partial charge < -0.3 is 0 Å². The summed E-state index contributed by atoms with van der Waals surface area (Å²) in [6, 6.07) is 8.63. The van der Waals surface area contributed by atoms with Gasteiger partial charge in [-0.3, -0.25) is 0 Å². The predicted octanol–water partition coefficient (Wildman–Crippen LogP) is 2.81. The first-order valence-electron chi connectivity index (χ1n) is 4.03. The molecule has 0 amide bonds. The van der Waals surface area contributed by atoms with Crippen molar-refractivity contribution in [3.63, 3.8) is 0 Å². The molecule has 0 aliphatic heterocycles. The number of hydrogen-bond acceptors (Lipinski definition) is 0. The molecule has 0 bridgehead atoms. The standard InChI is InChI=1S/C8H8.C2H6/c1-2-4-8-6-5-7(8)3-1;1-2/h1-4H,5-6H2;1-2H3. The van der Waals surface area contributed by atoms with Gasteiger partial charge in [0.25, 0.3) is 0 Å². The lowest BCUT2D eigenvalue weighted by Crippen LogP contribution is -2.06. The van der Waals surface area contributed by atoms with Gasteiger partial charge >= 0.3 is 0 Å². The summed E-state index contributed by atoms with van der Waals surface area (Å²) in [7, 11) is 0. The largest absolute Gasteiger partial charge is 0.0683 e. The lowest BCUT2D eigenvalue weighted by molar-refractivity contribution is 0.839. The second kappa shape index (κ2) is 3.40. The van der Waals surface area contributed by atoms with E-state index in [0.29, 0.717) is 0 Å². The Labute approximate surface area is 62.9 Å². The van der Waals surface area contributed by atoms with Crippen LogP contribution >= 0.6 is 0 Å². The van der Waals surface area contributed by atoms with E-state index in [1.54, 1.807) is 11.1 Å². The highest BCUT2D eigenvalue weighted by molar-refractivity contribution is 5.34. The molecule has 0 saturated heterocycles. The first kappa shape index (κ1) is 7.33. The quantitative estimate of drug-likeness (QED) is 0.512. The van der Waals surface area contributed by atoms with E-state index in [4.69, 9.17) is 0 Å². The lowest BCUT2D eigenvalue weighted by Gasteiger charge is -2.16. The first-order chi connectivity index (χ1) is 4.97. The van der Waals surface area contributed by atoms with Gasteiger partial charge in [0.15, 0.2) is 0 Å². The van der Waals surface area contributed by atoms with Crippen LogP contribution in [0.15, 0.2) is 24.3 Å². The number of aryl methyl sites for hydroxylation is 2. The van der Waals surface area contributed by atoms with Crippen molar-refractivity contribution in [2.75, 3.05) is 0 Å². The Morgan fingerprint density at radius 3 is 1.50 bits per heavy atom. The van der Waals surface area contributed by atoms with Crippen LogP contribution in [0.25, 0.3) is 0 Å². The van der Waals surface area contributed by atoms with E-state index in [1.165, 1.54) is 12.8 Å². The topological polar surface area (TPSA) is 0 Å². The monoisotopic (exact) mass is 134 g/mol. The molecule has 1 aromatic carbocycles. The Bertz CT molecular complexity index is 178. The Morgan fingerprint density at radius 2 is 1.30 bits per heavy atom. The minimum absolute atomic E-state index is 1.30. The van der Waals surface area contributed by atoms with Crippen molar-refractivity contribution in [3.8, 4) is 0 Å². The van der Waals surface area contributed by atoms with Crippen LogP contribution in [0, 0.1) is 0 Å². The Kier molecular flexibility index (Phi) is 2.49. The molecule has 2 rings (SSSR count). The molecule has 0 heterocycles. The van der Waals surface area contributed by atoms with E-state index in [0.717, 1.165) is 0 Å². The van der Waals surface area contributed by atoms with E-state index < -0.39 is 0 Å². The second-order valence-corrected chi connectivity index (χ2v) is 2.27. The fourth-order valence-corrected chi connectivity index (χ4v) is 1.14. The molecule has 1 aliphatic carbocycles. The zero-order chi connectivity index (χ0) is 7.40. The van der Waals surface area contributed by atoms with Crippen LogP contribution in [0.2, 0.25) is 0 Å². The van der Waals surface area contributed by atoms with Crippen LogP contribution in [-0.2, 0) is 12.8 Å². The third-order valence-corrected chi connectivity index (χ3v) is 1.78. The lowest BCUT2D eigenvalue weighted by atomic mass is 9.89. The van der Waals surface area contributed by atoms with Crippen molar-refractivity contribution in [1.29, 1.82) is 0 Å². The van der Waals surface area contributed by atoms with Crippen molar-refractivity contribution < 1.29 is 0 Å². The number of fused-ring (bicyclic) bond motifs is 1. The summed E-state index contributed by atoms with van der Waals surface area (Å²) >= 11 is 0. The molecule has 0 aromatic heterocycles. The zero-order valence-electron chi connectivity index (χ0n) is 6.72. The molecule has 0 fully saturated rings. The molecule has 54 valence electrons. The van der Waals surface area contributed by atoms with Gasteiger partial charge in [-0.05, 0) is 24.0 Å². The summed E-state index contributed by atoms with van der Waals surface area (Å²) in [4.78, 5) is 0. The van der Waals surface area contributed by atoms with Crippen LogP contribution in [-0.4, -0.2) is 0 Å². The Balaban J connectivity index is 0.000000231. The minimum atomic E-state index is 1.30.